The average molecular weight is 272 g/mol. The Morgan fingerprint density at radius 1 is 1.15 bits per heavy atom. The van der Waals surface area contributed by atoms with Crippen LogP contribution in [-0.2, 0) is 11.3 Å². The highest BCUT2D eigenvalue weighted by molar-refractivity contribution is 5.23. The highest BCUT2D eigenvalue weighted by Crippen LogP contribution is 2.65. The summed E-state index contributed by atoms with van der Waals surface area (Å²) in [7, 11) is 0. The zero-order chi connectivity index (χ0) is 13.6. The molecule has 20 heavy (non-hydrogen) atoms. The van der Waals surface area contributed by atoms with Gasteiger partial charge in [0.05, 0.1) is 12.7 Å². The van der Waals surface area contributed by atoms with E-state index in [4.69, 9.17) is 10.5 Å². The number of hydrogen-bond donors (Lipinski definition) is 1. The molecule has 0 spiro atoms. The molecule has 108 valence electrons. The van der Waals surface area contributed by atoms with Crippen LogP contribution < -0.4 is 5.73 Å². The van der Waals surface area contributed by atoms with E-state index in [0.29, 0.717) is 11.5 Å². The molecule has 1 atom stereocenters. The Bertz CT molecular complexity index is 479. The van der Waals surface area contributed by atoms with Gasteiger partial charge in [0.1, 0.15) is 0 Å². The topological polar surface area (TPSA) is 38.5 Å². The number of nitrogens with two attached hydrogens (primary N) is 1. The van der Waals surface area contributed by atoms with Gasteiger partial charge >= 0.3 is 0 Å². The van der Waals surface area contributed by atoms with Gasteiger partial charge < -0.3 is 10.5 Å². The molecule has 3 heteroatoms. The lowest BCUT2D eigenvalue weighted by atomic mass is 9.87. The minimum Gasteiger partial charge on any atom is -0.375 e. The Balaban J connectivity index is 1.44. The van der Waals surface area contributed by atoms with E-state index < -0.39 is 0 Å². The van der Waals surface area contributed by atoms with Crippen molar-refractivity contribution >= 4 is 0 Å². The third-order valence-electron chi connectivity index (χ3n) is 5.58. The van der Waals surface area contributed by atoms with E-state index in [-0.39, 0.29) is 5.54 Å². The van der Waals surface area contributed by atoms with Gasteiger partial charge in [0.2, 0.25) is 0 Å². The molecule has 2 aliphatic carbocycles. The van der Waals surface area contributed by atoms with Gasteiger partial charge in [-0.3, -0.25) is 4.90 Å². The van der Waals surface area contributed by atoms with Gasteiger partial charge in [-0.1, -0.05) is 30.3 Å². The first-order valence-electron chi connectivity index (χ1n) is 7.89. The van der Waals surface area contributed by atoms with Gasteiger partial charge in [-0.15, -0.1) is 0 Å². The van der Waals surface area contributed by atoms with Crippen LogP contribution in [0.3, 0.4) is 0 Å². The maximum absolute atomic E-state index is 6.52. The average Bonchev–Trinajstić information content (AvgIpc) is 3.36. The molecule has 1 aromatic rings. The molecule has 0 bridgehead atoms. The summed E-state index contributed by atoms with van der Waals surface area (Å²) in [4.78, 5) is 2.54. The van der Waals surface area contributed by atoms with Gasteiger partial charge in [0.25, 0.3) is 0 Å². The summed E-state index contributed by atoms with van der Waals surface area (Å²) >= 11 is 0. The molecule has 3 fully saturated rings. The summed E-state index contributed by atoms with van der Waals surface area (Å²) in [6.07, 6.45) is 5.30. The summed E-state index contributed by atoms with van der Waals surface area (Å²) in [6.45, 7) is 3.98. The maximum atomic E-state index is 6.52. The molecule has 1 unspecified atom stereocenters. The Morgan fingerprint density at radius 2 is 1.90 bits per heavy atom. The van der Waals surface area contributed by atoms with Crippen molar-refractivity contribution in [1.29, 1.82) is 0 Å². The molecular weight excluding hydrogens is 248 g/mol. The molecule has 0 amide bonds. The lowest BCUT2D eigenvalue weighted by molar-refractivity contribution is -0.0765. The summed E-state index contributed by atoms with van der Waals surface area (Å²) in [5.74, 6) is 0. The van der Waals surface area contributed by atoms with Crippen molar-refractivity contribution in [2.24, 2.45) is 11.1 Å². The second kappa shape index (κ2) is 4.55. The highest BCUT2D eigenvalue weighted by Gasteiger charge is 2.67. The highest BCUT2D eigenvalue weighted by atomic mass is 16.5. The standard InChI is InChI=1S/C17H24N2O/c18-17(8-9-17)16(6-7-16)15-13-19(10-11-20-15)12-14-4-2-1-3-5-14/h1-5,15H,6-13,18H2. The van der Waals surface area contributed by atoms with Crippen molar-refractivity contribution in [1.82, 2.24) is 4.90 Å². The van der Waals surface area contributed by atoms with Crippen LogP contribution in [0.25, 0.3) is 0 Å². The Morgan fingerprint density at radius 3 is 2.55 bits per heavy atom. The van der Waals surface area contributed by atoms with E-state index in [0.717, 1.165) is 26.2 Å². The fourth-order valence-corrected chi connectivity index (χ4v) is 3.93. The lowest BCUT2D eigenvalue weighted by Crippen LogP contribution is -2.52. The smallest absolute Gasteiger partial charge is 0.0776 e. The summed E-state index contributed by atoms with van der Waals surface area (Å²) in [5.41, 5.74) is 8.32. The van der Waals surface area contributed by atoms with E-state index in [1.807, 2.05) is 0 Å². The Labute approximate surface area is 121 Å². The Hall–Kier alpha value is -0.900. The van der Waals surface area contributed by atoms with Gasteiger partial charge in [0, 0.05) is 30.6 Å². The summed E-state index contributed by atoms with van der Waals surface area (Å²) in [5, 5.41) is 0. The molecule has 0 aromatic heterocycles. The van der Waals surface area contributed by atoms with Gasteiger partial charge in [-0.2, -0.15) is 0 Å². The molecule has 3 nitrogen and oxygen atoms in total. The molecule has 1 aliphatic heterocycles. The maximum Gasteiger partial charge on any atom is 0.0776 e. The molecule has 3 aliphatic rings. The second-order valence-electron chi connectivity index (χ2n) is 6.89. The number of morpholine rings is 1. The molecular formula is C17H24N2O. The van der Waals surface area contributed by atoms with E-state index in [1.165, 1.54) is 31.2 Å². The van der Waals surface area contributed by atoms with Crippen LogP contribution in [0.15, 0.2) is 30.3 Å². The third kappa shape index (κ3) is 2.09. The van der Waals surface area contributed by atoms with Crippen LogP contribution in [0.5, 0.6) is 0 Å². The number of hydrogen-bond acceptors (Lipinski definition) is 3. The van der Waals surface area contributed by atoms with Crippen LogP contribution in [0.2, 0.25) is 0 Å². The first kappa shape index (κ1) is 12.8. The van der Waals surface area contributed by atoms with Crippen LogP contribution in [0.1, 0.15) is 31.2 Å². The van der Waals surface area contributed by atoms with Gasteiger partial charge in [0.15, 0.2) is 0 Å². The minimum absolute atomic E-state index is 0.105. The quantitative estimate of drug-likeness (QED) is 0.913. The lowest BCUT2D eigenvalue weighted by Gasteiger charge is -2.40. The van der Waals surface area contributed by atoms with Crippen LogP contribution >= 0.6 is 0 Å². The fourth-order valence-electron chi connectivity index (χ4n) is 3.93. The predicted molar refractivity (Wildman–Crippen MR) is 79.3 cm³/mol. The molecule has 1 saturated heterocycles. The normalized spacial score (nSPS) is 30.9. The first-order chi connectivity index (χ1) is 9.72. The van der Waals surface area contributed by atoms with E-state index in [1.54, 1.807) is 0 Å². The number of ether oxygens (including phenoxy) is 1. The molecule has 1 heterocycles. The number of rotatable bonds is 4. The van der Waals surface area contributed by atoms with E-state index >= 15 is 0 Å². The molecule has 0 radical (unpaired) electrons. The molecule has 4 rings (SSSR count). The molecule has 1 aromatic carbocycles. The zero-order valence-electron chi connectivity index (χ0n) is 12.1. The Kier molecular flexibility index (Phi) is 2.92. The van der Waals surface area contributed by atoms with Crippen LogP contribution in [0, 0.1) is 5.41 Å². The fraction of sp³-hybridized carbons (Fsp3) is 0.647. The molecule has 2 N–H and O–H groups in total. The van der Waals surface area contributed by atoms with Crippen molar-refractivity contribution in [2.75, 3.05) is 19.7 Å². The second-order valence-corrected chi connectivity index (χ2v) is 6.89. The van der Waals surface area contributed by atoms with Gasteiger partial charge in [-0.05, 0) is 31.2 Å². The van der Waals surface area contributed by atoms with Crippen LogP contribution in [-0.4, -0.2) is 36.2 Å². The van der Waals surface area contributed by atoms with E-state index in [9.17, 15) is 0 Å². The first-order valence-corrected chi connectivity index (χ1v) is 7.89. The monoisotopic (exact) mass is 272 g/mol. The van der Waals surface area contributed by atoms with Crippen molar-refractivity contribution in [3.63, 3.8) is 0 Å². The van der Waals surface area contributed by atoms with Crippen molar-refractivity contribution in [3.8, 4) is 0 Å². The van der Waals surface area contributed by atoms with Crippen molar-refractivity contribution in [2.45, 2.75) is 43.9 Å². The van der Waals surface area contributed by atoms with E-state index in [2.05, 4.69) is 35.2 Å². The molecule has 2 saturated carbocycles. The number of benzene rings is 1. The largest absolute Gasteiger partial charge is 0.375 e. The zero-order valence-corrected chi connectivity index (χ0v) is 12.1. The SMILES string of the molecule is NC1(C2(C3CN(Cc4ccccc4)CCO3)CC2)CC1. The van der Waals surface area contributed by atoms with Crippen LogP contribution in [0.4, 0.5) is 0 Å². The number of nitrogens with zero attached hydrogens (tertiary/aromatic N) is 1. The predicted octanol–water partition coefficient (Wildman–Crippen LogP) is 2.16. The van der Waals surface area contributed by atoms with Crippen molar-refractivity contribution in [3.05, 3.63) is 35.9 Å². The summed E-state index contributed by atoms with van der Waals surface area (Å²) < 4.78 is 6.12. The van der Waals surface area contributed by atoms with Crippen molar-refractivity contribution < 1.29 is 4.74 Å². The van der Waals surface area contributed by atoms with Gasteiger partial charge in [-0.25, -0.2) is 0 Å². The minimum atomic E-state index is 0.105. The third-order valence-corrected chi connectivity index (χ3v) is 5.58. The summed E-state index contributed by atoms with van der Waals surface area (Å²) in [6, 6.07) is 10.7.